The molecule has 1 aromatic carbocycles. The minimum atomic E-state index is 0.798. The number of imidazole rings is 1. The van der Waals surface area contributed by atoms with Crippen LogP contribution in [0.2, 0.25) is 0 Å². The number of nitrogens with zero attached hydrogens (tertiary/aromatic N) is 3. The van der Waals surface area contributed by atoms with Crippen LogP contribution in [-0.2, 0) is 0 Å². The van der Waals surface area contributed by atoms with Gasteiger partial charge in [0.1, 0.15) is 0 Å². The third kappa shape index (κ3) is 1.70. The number of hydrogen-bond acceptors (Lipinski definition) is 2. The van der Waals surface area contributed by atoms with Crippen molar-refractivity contribution >= 4 is 11.0 Å². The van der Waals surface area contributed by atoms with Crippen molar-refractivity contribution in [2.24, 2.45) is 0 Å². The van der Waals surface area contributed by atoms with Gasteiger partial charge >= 0.3 is 0 Å². The summed E-state index contributed by atoms with van der Waals surface area (Å²) in [6.45, 7) is 0. The normalized spacial score (nSPS) is 11.0. The zero-order valence-corrected chi connectivity index (χ0v) is 10.7. The summed E-state index contributed by atoms with van der Waals surface area (Å²) >= 11 is 0. The molecule has 0 aliphatic rings. The molecule has 0 atom stereocenters. The molecule has 1 N–H and O–H groups in total. The van der Waals surface area contributed by atoms with Crippen LogP contribution in [0.1, 0.15) is 0 Å². The molecule has 0 unspecified atom stereocenters. The van der Waals surface area contributed by atoms with Crippen molar-refractivity contribution in [1.82, 2.24) is 19.5 Å². The maximum Gasteiger partial charge on any atom is 0.212 e. The number of pyridine rings is 1. The van der Waals surface area contributed by atoms with Gasteiger partial charge < -0.3 is 4.98 Å². The molecule has 0 spiro atoms. The molecule has 20 heavy (non-hydrogen) atoms. The summed E-state index contributed by atoms with van der Waals surface area (Å²) < 4.78 is 2.01. The van der Waals surface area contributed by atoms with Gasteiger partial charge in [-0.2, -0.15) is 0 Å². The SMILES string of the molecule is c1ccc(-c2cnc(-n3ccc4ncccc43)[nH]2)cc1. The lowest BCUT2D eigenvalue weighted by molar-refractivity contribution is 1.01. The fourth-order valence-electron chi connectivity index (χ4n) is 2.35. The van der Waals surface area contributed by atoms with Crippen molar-refractivity contribution in [3.05, 3.63) is 67.1 Å². The molecule has 0 aliphatic carbocycles. The fraction of sp³-hybridized carbons (Fsp3) is 0. The first kappa shape index (κ1) is 11.0. The number of rotatable bonds is 2. The lowest BCUT2D eigenvalue weighted by Gasteiger charge is -2.00. The molecule has 3 aromatic heterocycles. The van der Waals surface area contributed by atoms with Crippen molar-refractivity contribution in [3.63, 3.8) is 0 Å². The Hall–Kier alpha value is -2.88. The zero-order chi connectivity index (χ0) is 13.4. The average molecular weight is 260 g/mol. The minimum Gasteiger partial charge on any atom is -0.323 e. The van der Waals surface area contributed by atoms with Crippen LogP contribution in [0.4, 0.5) is 0 Å². The van der Waals surface area contributed by atoms with Crippen LogP contribution in [0, 0.1) is 0 Å². The standard InChI is InChI=1S/C16H12N4/c1-2-5-12(6-3-1)14-11-18-16(19-14)20-10-8-13-15(20)7-4-9-17-13/h1-11H,(H,18,19). The van der Waals surface area contributed by atoms with Gasteiger partial charge in [0.2, 0.25) is 5.95 Å². The van der Waals surface area contributed by atoms with Crippen LogP contribution < -0.4 is 0 Å². The Bertz CT molecular complexity index is 858. The number of aromatic amines is 1. The van der Waals surface area contributed by atoms with Crippen molar-refractivity contribution in [3.8, 4) is 17.2 Å². The van der Waals surface area contributed by atoms with E-state index in [0.29, 0.717) is 0 Å². The number of aromatic nitrogens is 4. The Morgan fingerprint density at radius 2 is 1.80 bits per heavy atom. The molecule has 4 heteroatoms. The Balaban J connectivity index is 1.82. The summed E-state index contributed by atoms with van der Waals surface area (Å²) in [4.78, 5) is 12.1. The fourth-order valence-corrected chi connectivity index (χ4v) is 2.35. The van der Waals surface area contributed by atoms with Crippen LogP contribution in [0.15, 0.2) is 67.1 Å². The molecular formula is C16H12N4. The van der Waals surface area contributed by atoms with Gasteiger partial charge in [-0.15, -0.1) is 0 Å². The van der Waals surface area contributed by atoms with Crippen LogP contribution >= 0.6 is 0 Å². The largest absolute Gasteiger partial charge is 0.323 e. The second kappa shape index (κ2) is 4.35. The highest BCUT2D eigenvalue weighted by Crippen LogP contribution is 2.20. The van der Waals surface area contributed by atoms with Crippen LogP contribution in [0.25, 0.3) is 28.2 Å². The van der Waals surface area contributed by atoms with E-state index in [9.17, 15) is 0 Å². The summed E-state index contributed by atoms with van der Waals surface area (Å²) in [5.74, 6) is 0.798. The Labute approximate surface area is 115 Å². The van der Waals surface area contributed by atoms with E-state index in [1.165, 1.54) is 0 Å². The van der Waals surface area contributed by atoms with E-state index >= 15 is 0 Å². The summed E-state index contributed by atoms with van der Waals surface area (Å²) in [5.41, 5.74) is 4.14. The Morgan fingerprint density at radius 1 is 0.900 bits per heavy atom. The molecule has 0 aliphatic heterocycles. The molecule has 0 bridgehead atoms. The smallest absolute Gasteiger partial charge is 0.212 e. The van der Waals surface area contributed by atoms with Gasteiger partial charge in [-0.1, -0.05) is 30.3 Å². The number of benzene rings is 1. The topological polar surface area (TPSA) is 46.5 Å². The summed E-state index contributed by atoms with van der Waals surface area (Å²) in [6, 6.07) is 16.1. The second-order valence-electron chi connectivity index (χ2n) is 4.58. The predicted octanol–water partition coefficient (Wildman–Crippen LogP) is 3.42. The molecule has 0 fully saturated rings. The van der Waals surface area contributed by atoms with Crippen molar-refractivity contribution in [1.29, 1.82) is 0 Å². The first-order valence-electron chi connectivity index (χ1n) is 6.45. The number of H-pyrrole nitrogens is 1. The summed E-state index contributed by atoms with van der Waals surface area (Å²) in [6.07, 6.45) is 5.63. The summed E-state index contributed by atoms with van der Waals surface area (Å²) in [7, 11) is 0. The highest BCUT2D eigenvalue weighted by atomic mass is 15.2. The molecule has 0 saturated heterocycles. The van der Waals surface area contributed by atoms with Gasteiger partial charge in [0.05, 0.1) is 22.9 Å². The van der Waals surface area contributed by atoms with E-state index in [-0.39, 0.29) is 0 Å². The second-order valence-corrected chi connectivity index (χ2v) is 4.58. The molecule has 0 amide bonds. The Morgan fingerprint density at radius 3 is 2.70 bits per heavy atom. The minimum absolute atomic E-state index is 0.798. The third-order valence-electron chi connectivity index (χ3n) is 3.33. The average Bonchev–Trinajstić information content (AvgIpc) is 3.14. The molecule has 3 heterocycles. The van der Waals surface area contributed by atoms with E-state index < -0.39 is 0 Å². The Kier molecular flexibility index (Phi) is 2.39. The van der Waals surface area contributed by atoms with Gasteiger partial charge in [-0.3, -0.25) is 9.55 Å². The van der Waals surface area contributed by atoms with Crippen LogP contribution in [0.5, 0.6) is 0 Å². The summed E-state index contributed by atoms with van der Waals surface area (Å²) in [5, 5.41) is 0. The first-order valence-corrected chi connectivity index (χ1v) is 6.45. The number of nitrogens with one attached hydrogen (secondary N) is 1. The molecule has 4 nitrogen and oxygen atoms in total. The zero-order valence-electron chi connectivity index (χ0n) is 10.7. The molecule has 96 valence electrons. The maximum atomic E-state index is 4.46. The third-order valence-corrected chi connectivity index (χ3v) is 3.33. The lowest BCUT2D eigenvalue weighted by atomic mass is 10.2. The van der Waals surface area contributed by atoms with Crippen LogP contribution in [-0.4, -0.2) is 19.5 Å². The van der Waals surface area contributed by atoms with E-state index in [0.717, 1.165) is 28.2 Å². The van der Waals surface area contributed by atoms with E-state index in [4.69, 9.17) is 0 Å². The highest BCUT2D eigenvalue weighted by molar-refractivity contribution is 5.77. The molecule has 4 aromatic rings. The van der Waals surface area contributed by atoms with Crippen LogP contribution in [0.3, 0.4) is 0 Å². The van der Waals surface area contributed by atoms with Gasteiger partial charge in [-0.25, -0.2) is 4.98 Å². The van der Waals surface area contributed by atoms with E-state index in [2.05, 4.69) is 27.1 Å². The van der Waals surface area contributed by atoms with Gasteiger partial charge in [0.15, 0.2) is 0 Å². The number of fused-ring (bicyclic) bond motifs is 1. The highest BCUT2D eigenvalue weighted by Gasteiger charge is 2.07. The number of hydrogen-bond donors (Lipinski definition) is 1. The van der Waals surface area contributed by atoms with Gasteiger partial charge in [0, 0.05) is 12.4 Å². The van der Waals surface area contributed by atoms with E-state index in [1.54, 1.807) is 6.20 Å². The van der Waals surface area contributed by atoms with Crippen molar-refractivity contribution < 1.29 is 0 Å². The molecule has 4 rings (SSSR count). The monoisotopic (exact) mass is 260 g/mol. The first-order chi connectivity index (χ1) is 9.92. The lowest BCUT2D eigenvalue weighted by Crippen LogP contribution is -1.94. The molecular weight excluding hydrogens is 248 g/mol. The molecule has 0 radical (unpaired) electrons. The van der Waals surface area contributed by atoms with E-state index in [1.807, 2.05) is 53.4 Å². The maximum absolute atomic E-state index is 4.46. The van der Waals surface area contributed by atoms with Gasteiger partial charge in [-0.05, 0) is 23.8 Å². The van der Waals surface area contributed by atoms with Gasteiger partial charge in [0.25, 0.3) is 0 Å². The van der Waals surface area contributed by atoms with Crippen molar-refractivity contribution in [2.75, 3.05) is 0 Å². The predicted molar refractivity (Wildman–Crippen MR) is 78.7 cm³/mol. The quantitative estimate of drug-likeness (QED) is 0.600. The molecule has 0 saturated carbocycles. The van der Waals surface area contributed by atoms with Crippen molar-refractivity contribution in [2.45, 2.75) is 0 Å².